The second-order valence-electron chi connectivity index (χ2n) is 5.81. The zero-order chi connectivity index (χ0) is 15.7. The van der Waals surface area contributed by atoms with Crippen molar-refractivity contribution in [3.63, 3.8) is 0 Å². The second kappa shape index (κ2) is 9.27. The first kappa shape index (κ1) is 17.3. The van der Waals surface area contributed by atoms with Crippen LogP contribution in [-0.4, -0.2) is 19.6 Å². The van der Waals surface area contributed by atoms with Crippen molar-refractivity contribution in [2.45, 2.75) is 46.0 Å². The van der Waals surface area contributed by atoms with E-state index in [1.54, 1.807) is 25.3 Å². The Kier molecular flexibility index (Phi) is 7.65. The van der Waals surface area contributed by atoms with Gasteiger partial charge in [0, 0.05) is 12.1 Å². The van der Waals surface area contributed by atoms with Crippen molar-refractivity contribution in [2.75, 3.05) is 19.4 Å². The van der Waals surface area contributed by atoms with Gasteiger partial charge in [0.15, 0.2) is 0 Å². The highest BCUT2D eigenvalue weighted by Gasteiger charge is 2.08. The molecule has 0 aliphatic carbocycles. The van der Waals surface area contributed by atoms with Crippen molar-refractivity contribution in [3.8, 4) is 5.75 Å². The third-order valence-electron chi connectivity index (χ3n) is 3.49. The lowest BCUT2D eigenvalue weighted by Gasteiger charge is -2.09. The third-order valence-corrected chi connectivity index (χ3v) is 3.49. The highest BCUT2D eigenvalue weighted by Crippen LogP contribution is 2.22. The molecule has 1 aromatic carbocycles. The van der Waals surface area contributed by atoms with Crippen LogP contribution in [0.2, 0.25) is 0 Å². The van der Waals surface area contributed by atoms with E-state index >= 15 is 0 Å². The van der Waals surface area contributed by atoms with Crippen molar-refractivity contribution in [2.24, 2.45) is 5.92 Å². The van der Waals surface area contributed by atoms with Crippen LogP contribution in [0.3, 0.4) is 0 Å². The number of hydrogen-bond donors (Lipinski definition) is 2. The Balaban J connectivity index is 2.25. The summed E-state index contributed by atoms with van der Waals surface area (Å²) in [5.74, 6) is 1.25. The summed E-state index contributed by atoms with van der Waals surface area (Å²) in [6.07, 6.45) is 6.00. The summed E-state index contributed by atoms with van der Waals surface area (Å²) in [7, 11) is 1.55. The summed E-state index contributed by atoms with van der Waals surface area (Å²) < 4.78 is 5.12. The molecule has 0 bridgehead atoms. The topological polar surface area (TPSA) is 64.3 Å². The second-order valence-corrected chi connectivity index (χ2v) is 5.81. The van der Waals surface area contributed by atoms with Gasteiger partial charge in [0.25, 0.3) is 5.91 Å². The van der Waals surface area contributed by atoms with E-state index < -0.39 is 0 Å². The number of hydrogen-bond acceptors (Lipinski definition) is 3. The van der Waals surface area contributed by atoms with Crippen LogP contribution in [0.4, 0.5) is 5.69 Å². The van der Waals surface area contributed by atoms with Crippen LogP contribution in [0, 0.1) is 5.92 Å². The predicted molar refractivity (Wildman–Crippen MR) is 87.7 cm³/mol. The Hall–Kier alpha value is -1.71. The summed E-state index contributed by atoms with van der Waals surface area (Å²) in [5.41, 5.74) is 6.86. The van der Waals surface area contributed by atoms with Gasteiger partial charge in [-0.2, -0.15) is 0 Å². The molecule has 4 nitrogen and oxygen atoms in total. The Morgan fingerprint density at radius 2 is 1.95 bits per heavy atom. The molecular weight excluding hydrogens is 264 g/mol. The number of benzene rings is 1. The molecule has 0 aliphatic rings. The molecule has 0 spiro atoms. The maximum absolute atomic E-state index is 12.0. The van der Waals surface area contributed by atoms with E-state index in [0.717, 1.165) is 18.8 Å². The molecular formula is C17H28N2O2. The number of nitrogens with one attached hydrogen (secondary N) is 1. The number of ether oxygens (including phenoxy) is 1. The Morgan fingerprint density at radius 1 is 1.24 bits per heavy atom. The highest BCUT2D eigenvalue weighted by atomic mass is 16.5. The predicted octanol–water partition coefficient (Wildman–Crippen LogP) is 3.61. The zero-order valence-electron chi connectivity index (χ0n) is 13.4. The molecule has 1 aromatic rings. The first-order valence-electron chi connectivity index (χ1n) is 7.76. The van der Waals surface area contributed by atoms with Crippen molar-refractivity contribution in [1.82, 2.24) is 5.32 Å². The van der Waals surface area contributed by atoms with Gasteiger partial charge in [0.1, 0.15) is 5.75 Å². The number of rotatable bonds is 9. The number of unbranched alkanes of at least 4 members (excludes halogenated alkanes) is 3. The average Bonchev–Trinajstić information content (AvgIpc) is 2.46. The zero-order valence-corrected chi connectivity index (χ0v) is 13.4. The standard InChI is InChI=1S/C17H28N2O2/c1-13(2)8-6-4-5-7-11-19-17(20)14-9-10-15(18)16(12-14)21-3/h9-10,12-13H,4-8,11,18H2,1-3H3,(H,19,20). The van der Waals surface area contributed by atoms with Gasteiger partial charge in [-0.15, -0.1) is 0 Å². The van der Waals surface area contributed by atoms with Gasteiger partial charge in [0.2, 0.25) is 0 Å². The maximum Gasteiger partial charge on any atom is 0.251 e. The normalized spacial score (nSPS) is 10.7. The molecule has 0 aliphatic heterocycles. The lowest BCUT2D eigenvalue weighted by atomic mass is 10.0. The van der Waals surface area contributed by atoms with Crippen molar-refractivity contribution < 1.29 is 9.53 Å². The van der Waals surface area contributed by atoms with Crippen molar-refractivity contribution in [3.05, 3.63) is 23.8 Å². The minimum absolute atomic E-state index is 0.0736. The molecule has 0 saturated carbocycles. The minimum Gasteiger partial charge on any atom is -0.495 e. The Labute approximate surface area is 128 Å². The first-order valence-corrected chi connectivity index (χ1v) is 7.76. The summed E-state index contributed by atoms with van der Waals surface area (Å²) >= 11 is 0. The van der Waals surface area contributed by atoms with Crippen LogP contribution in [0.1, 0.15) is 56.3 Å². The molecule has 0 aromatic heterocycles. The first-order chi connectivity index (χ1) is 10.0. The highest BCUT2D eigenvalue weighted by molar-refractivity contribution is 5.95. The van der Waals surface area contributed by atoms with E-state index in [4.69, 9.17) is 10.5 Å². The quantitative estimate of drug-likeness (QED) is 0.540. The molecule has 1 rings (SSSR count). The molecule has 0 unspecified atom stereocenters. The van der Waals surface area contributed by atoms with Gasteiger partial charge < -0.3 is 15.8 Å². The lowest BCUT2D eigenvalue weighted by Crippen LogP contribution is -2.24. The molecule has 1 amide bonds. The average molecular weight is 292 g/mol. The summed E-state index contributed by atoms with van der Waals surface area (Å²) in [5, 5.41) is 2.93. The van der Waals surface area contributed by atoms with Crippen LogP contribution in [0.15, 0.2) is 18.2 Å². The van der Waals surface area contributed by atoms with Crippen LogP contribution in [-0.2, 0) is 0 Å². The number of carbonyl (C=O) groups excluding carboxylic acids is 1. The van der Waals surface area contributed by atoms with E-state index in [2.05, 4.69) is 19.2 Å². The fourth-order valence-electron chi connectivity index (χ4n) is 2.19. The van der Waals surface area contributed by atoms with Gasteiger partial charge in [0.05, 0.1) is 12.8 Å². The number of nitrogens with two attached hydrogens (primary N) is 1. The van der Waals surface area contributed by atoms with Crippen molar-refractivity contribution in [1.29, 1.82) is 0 Å². The number of methoxy groups -OCH3 is 1. The fourth-order valence-corrected chi connectivity index (χ4v) is 2.19. The molecule has 21 heavy (non-hydrogen) atoms. The lowest BCUT2D eigenvalue weighted by molar-refractivity contribution is 0.0952. The van der Waals surface area contributed by atoms with E-state index in [9.17, 15) is 4.79 Å². The summed E-state index contributed by atoms with van der Waals surface area (Å²) in [6, 6.07) is 5.09. The van der Waals surface area contributed by atoms with Gasteiger partial charge in [-0.1, -0.05) is 39.5 Å². The third kappa shape index (κ3) is 6.52. The van der Waals surface area contributed by atoms with Gasteiger partial charge in [-0.05, 0) is 30.5 Å². The maximum atomic E-state index is 12.0. The molecule has 0 heterocycles. The van der Waals surface area contributed by atoms with E-state index in [-0.39, 0.29) is 5.91 Å². The van der Waals surface area contributed by atoms with Gasteiger partial charge in [-0.25, -0.2) is 0 Å². The molecule has 4 heteroatoms. The number of nitrogen functional groups attached to an aromatic ring is 1. The summed E-state index contributed by atoms with van der Waals surface area (Å²) in [6.45, 7) is 5.22. The SMILES string of the molecule is COc1cc(C(=O)NCCCCCCC(C)C)ccc1N. The van der Waals surface area contributed by atoms with E-state index in [1.165, 1.54) is 19.3 Å². The molecule has 0 radical (unpaired) electrons. The fraction of sp³-hybridized carbons (Fsp3) is 0.588. The monoisotopic (exact) mass is 292 g/mol. The number of carbonyl (C=O) groups is 1. The van der Waals surface area contributed by atoms with Crippen molar-refractivity contribution >= 4 is 11.6 Å². The van der Waals surface area contributed by atoms with Crippen LogP contribution in [0.25, 0.3) is 0 Å². The van der Waals surface area contributed by atoms with Gasteiger partial charge in [-0.3, -0.25) is 4.79 Å². The molecule has 118 valence electrons. The van der Waals surface area contributed by atoms with Gasteiger partial charge >= 0.3 is 0 Å². The van der Waals surface area contributed by atoms with Crippen LogP contribution in [0.5, 0.6) is 5.75 Å². The van der Waals surface area contributed by atoms with Crippen LogP contribution >= 0.6 is 0 Å². The molecule has 0 saturated heterocycles. The Bertz CT molecular complexity index is 444. The van der Waals surface area contributed by atoms with E-state index in [0.29, 0.717) is 23.5 Å². The smallest absolute Gasteiger partial charge is 0.251 e. The molecule has 0 fully saturated rings. The Morgan fingerprint density at radius 3 is 2.62 bits per heavy atom. The minimum atomic E-state index is -0.0736. The molecule has 3 N–H and O–H groups in total. The number of anilines is 1. The molecule has 0 atom stereocenters. The van der Waals surface area contributed by atoms with Crippen LogP contribution < -0.4 is 15.8 Å². The van der Waals surface area contributed by atoms with E-state index in [1.807, 2.05) is 0 Å². The number of amides is 1. The largest absolute Gasteiger partial charge is 0.495 e. The summed E-state index contributed by atoms with van der Waals surface area (Å²) in [4.78, 5) is 12.0.